The molecule has 2 aromatic carbocycles. The van der Waals surface area contributed by atoms with Crippen molar-refractivity contribution in [3.05, 3.63) is 58.9 Å². The van der Waals surface area contributed by atoms with Gasteiger partial charge >= 0.3 is 0 Å². The quantitative estimate of drug-likeness (QED) is 0.892. The first kappa shape index (κ1) is 14.1. The van der Waals surface area contributed by atoms with Gasteiger partial charge in [0.1, 0.15) is 5.82 Å². The number of aryl methyl sites for hydroxylation is 2. The van der Waals surface area contributed by atoms with Crippen LogP contribution >= 0.6 is 11.8 Å². The summed E-state index contributed by atoms with van der Waals surface area (Å²) in [4.78, 5) is 1.78. The van der Waals surface area contributed by atoms with Gasteiger partial charge in [0.25, 0.3) is 0 Å². The zero-order chi connectivity index (χ0) is 13.8. The summed E-state index contributed by atoms with van der Waals surface area (Å²) in [6, 6.07) is 11.5. The normalized spacial score (nSPS) is 10.7. The van der Waals surface area contributed by atoms with Gasteiger partial charge in [0.2, 0.25) is 0 Å². The number of nitrogens with one attached hydrogen (secondary N) is 1. The second-order valence-corrected chi connectivity index (χ2v) is 5.69. The van der Waals surface area contributed by atoms with Crippen LogP contribution in [0.3, 0.4) is 0 Å². The molecule has 0 fully saturated rings. The summed E-state index contributed by atoms with van der Waals surface area (Å²) in [6.07, 6.45) is 0. The molecule has 0 saturated carbocycles. The van der Waals surface area contributed by atoms with Gasteiger partial charge in [-0.3, -0.25) is 0 Å². The summed E-state index contributed by atoms with van der Waals surface area (Å²) in [5.74, 6) is -0.157. The van der Waals surface area contributed by atoms with Crippen LogP contribution in [0.1, 0.15) is 16.7 Å². The molecule has 2 aromatic rings. The monoisotopic (exact) mass is 275 g/mol. The Balaban J connectivity index is 2.34. The molecule has 0 bridgehead atoms. The Morgan fingerprint density at radius 1 is 1.11 bits per heavy atom. The first-order valence-corrected chi connectivity index (χ1v) is 7.10. The van der Waals surface area contributed by atoms with Crippen LogP contribution in [-0.2, 0) is 6.54 Å². The van der Waals surface area contributed by atoms with Crippen LogP contribution in [0.2, 0.25) is 0 Å². The maximum atomic E-state index is 14.0. The minimum absolute atomic E-state index is 0.157. The zero-order valence-corrected chi connectivity index (χ0v) is 12.3. The maximum Gasteiger partial charge on any atom is 0.137 e. The number of benzene rings is 2. The fourth-order valence-electron chi connectivity index (χ4n) is 1.89. The Bertz CT molecular complexity index is 581. The van der Waals surface area contributed by atoms with Crippen LogP contribution in [-0.4, -0.2) is 7.05 Å². The number of halogens is 1. The minimum Gasteiger partial charge on any atom is -0.316 e. The molecular weight excluding hydrogens is 257 g/mol. The van der Waals surface area contributed by atoms with E-state index in [1.165, 1.54) is 29.0 Å². The Morgan fingerprint density at radius 2 is 1.89 bits per heavy atom. The van der Waals surface area contributed by atoms with Gasteiger partial charge in [0.15, 0.2) is 0 Å². The third-order valence-electron chi connectivity index (χ3n) is 3.11. The second kappa shape index (κ2) is 6.22. The van der Waals surface area contributed by atoms with Gasteiger partial charge in [-0.15, -0.1) is 0 Å². The van der Waals surface area contributed by atoms with Crippen molar-refractivity contribution in [2.45, 2.75) is 30.2 Å². The van der Waals surface area contributed by atoms with Gasteiger partial charge in [-0.1, -0.05) is 30.0 Å². The Kier molecular flexibility index (Phi) is 4.61. The molecule has 0 unspecified atom stereocenters. The van der Waals surface area contributed by atoms with E-state index in [-0.39, 0.29) is 5.82 Å². The van der Waals surface area contributed by atoms with Crippen molar-refractivity contribution in [2.75, 3.05) is 7.05 Å². The predicted molar refractivity (Wildman–Crippen MR) is 79.2 cm³/mol. The van der Waals surface area contributed by atoms with Crippen LogP contribution in [0.4, 0.5) is 4.39 Å². The average Bonchev–Trinajstić information content (AvgIpc) is 2.38. The molecule has 1 N–H and O–H groups in total. The third kappa shape index (κ3) is 3.37. The summed E-state index contributed by atoms with van der Waals surface area (Å²) >= 11 is 1.49. The van der Waals surface area contributed by atoms with Crippen LogP contribution in [0.5, 0.6) is 0 Å². The Labute approximate surface area is 118 Å². The first-order chi connectivity index (χ1) is 9.11. The first-order valence-electron chi connectivity index (χ1n) is 6.29. The smallest absolute Gasteiger partial charge is 0.137 e. The third-order valence-corrected chi connectivity index (χ3v) is 4.26. The molecule has 3 heteroatoms. The lowest BCUT2D eigenvalue weighted by Crippen LogP contribution is -2.06. The molecule has 0 aliphatic carbocycles. The van der Waals surface area contributed by atoms with Crippen molar-refractivity contribution < 1.29 is 4.39 Å². The van der Waals surface area contributed by atoms with Gasteiger partial charge in [0.05, 0.1) is 4.90 Å². The fourth-order valence-corrected chi connectivity index (χ4v) is 2.94. The molecule has 0 saturated heterocycles. The van der Waals surface area contributed by atoms with Crippen molar-refractivity contribution in [3.8, 4) is 0 Å². The van der Waals surface area contributed by atoms with E-state index < -0.39 is 0 Å². The summed E-state index contributed by atoms with van der Waals surface area (Å²) in [5, 5.41) is 3.08. The maximum absolute atomic E-state index is 14.0. The highest BCUT2D eigenvalue weighted by Crippen LogP contribution is 2.33. The van der Waals surface area contributed by atoms with E-state index in [0.717, 1.165) is 10.5 Å². The Hall–Kier alpha value is -1.32. The molecule has 0 aromatic heterocycles. The molecule has 0 heterocycles. The van der Waals surface area contributed by atoms with Crippen molar-refractivity contribution in [2.24, 2.45) is 0 Å². The molecule has 0 amide bonds. The van der Waals surface area contributed by atoms with Crippen molar-refractivity contribution in [3.63, 3.8) is 0 Å². The molecule has 1 nitrogen and oxygen atoms in total. The molecule has 19 heavy (non-hydrogen) atoms. The van der Waals surface area contributed by atoms with Crippen molar-refractivity contribution >= 4 is 11.8 Å². The number of rotatable bonds is 4. The van der Waals surface area contributed by atoms with Gasteiger partial charge in [-0.05, 0) is 55.8 Å². The highest BCUT2D eigenvalue weighted by molar-refractivity contribution is 7.99. The standard InChI is InChI=1S/C16H18FNS/c1-11-7-8-14(9-12(11)2)19-16-13(10-18-3)5-4-6-15(16)17/h4-9,18H,10H2,1-3H3. The minimum atomic E-state index is -0.157. The van der Waals surface area contributed by atoms with Gasteiger partial charge in [-0.2, -0.15) is 0 Å². The van der Waals surface area contributed by atoms with Crippen LogP contribution < -0.4 is 5.32 Å². The largest absolute Gasteiger partial charge is 0.316 e. The highest BCUT2D eigenvalue weighted by atomic mass is 32.2. The topological polar surface area (TPSA) is 12.0 Å². The molecule has 0 atom stereocenters. The highest BCUT2D eigenvalue weighted by Gasteiger charge is 2.10. The Morgan fingerprint density at radius 3 is 2.58 bits per heavy atom. The van der Waals surface area contributed by atoms with E-state index in [1.54, 1.807) is 6.07 Å². The average molecular weight is 275 g/mol. The summed E-state index contributed by atoms with van der Waals surface area (Å²) in [6.45, 7) is 4.83. The van der Waals surface area contributed by atoms with Gasteiger partial charge in [-0.25, -0.2) is 4.39 Å². The molecule has 0 aliphatic heterocycles. The van der Waals surface area contributed by atoms with E-state index in [9.17, 15) is 4.39 Å². The van der Waals surface area contributed by atoms with Gasteiger partial charge in [0, 0.05) is 11.4 Å². The predicted octanol–water partition coefficient (Wildman–Crippen LogP) is 4.31. The van der Waals surface area contributed by atoms with E-state index in [4.69, 9.17) is 0 Å². The van der Waals surface area contributed by atoms with E-state index in [0.29, 0.717) is 11.4 Å². The SMILES string of the molecule is CNCc1cccc(F)c1Sc1ccc(C)c(C)c1. The van der Waals surface area contributed by atoms with Crippen LogP contribution in [0, 0.1) is 19.7 Å². The van der Waals surface area contributed by atoms with Crippen molar-refractivity contribution in [1.82, 2.24) is 5.32 Å². The second-order valence-electron chi connectivity index (χ2n) is 4.61. The molecule has 0 spiro atoms. The summed E-state index contributed by atoms with van der Waals surface area (Å²) < 4.78 is 14.0. The lowest BCUT2D eigenvalue weighted by atomic mass is 10.1. The van der Waals surface area contributed by atoms with Crippen molar-refractivity contribution in [1.29, 1.82) is 0 Å². The molecule has 100 valence electrons. The number of hydrogen-bond acceptors (Lipinski definition) is 2. The van der Waals surface area contributed by atoms with E-state index in [1.807, 2.05) is 19.2 Å². The van der Waals surface area contributed by atoms with E-state index >= 15 is 0 Å². The molecule has 2 rings (SSSR count). The molecule has 0 radical (unpaired) electrons. The molecule has 0 aliphatic rings. The number of hydrogen-bond donors (Lipinski definition) is 1. The summed E-state index contributed by atoms with van der Waals surface area (Å²) in [5.41, 5.74) is 3.48. The van der Waals surface area contributed by atoms with Gasteiger partial charge < -0.3 is 5.32 Å². The summed E-state index contributed by atoms with van der Waals surface area (Å²) in [7, 11) is 1.87. The fraction of sp³-hybridized carbons (Fsp3) is 0.250. The lowest BCUT2D eigenvalue weighted by molar-refractivity contribution is 0.594. The molecular formula is C16H18FNS. The van der Waals surface area contributed by atoms with E-state index in [2.05, 4.69) is 31.3 Å². The van der Waals surface area contributed by atoms with Crippen LogP contribution in [0.15, 0.2) is 46.2 Å². The van der Waals surface area contributed by atoms with Crippen LogP contribution in [0.25, 0.3) is 0 Å². The lowest BCUT2D eigenvalue weighted by Gasteiger charge is -2.11. The zero-order valence-electron chi connectivity index (χ0n) is 11.5.